The van der Waals surface area contributed by atoms with Gasteiger partial charge in [-0.2, -0.15) is 0 Å². The third kappa shape index (κ3) is 2.38. The molecule has 2 aromatic rings. The van der Waals surface area contributed by atoms with Gasteiger partial charge in [0, 0.05) is 0 Å². The summed E-state index contributed by atoms with van der Waals surface area (Å²) in [6, 6.07) is 5.27. The van der Waals surface area contributed by atoms with E-state index in [-0.39, 0.29) is 11.0 Å². The molecule has 18 heavy (non-hydrogen) atoms. The molecule has 0 spiro atoms. The Bertz CT molecular complexity index is 656. The van der Waals surface area contributed by atoms with Gasteiger partial charge in [-0.05, 0) is 30.7 Å². The van der Waals surface area contributed by atoms with Crippen LogP contribution >= 0.6 is 0 Å². The molecule has 1 aromatic carbocycles. The van der Waals surface area contributed by atoms with Crippen molar-refractivity contribution in [1.82, 2.24) is 0 Å². The van der Waals surface area contributed by atoms with E-state index in [0.29, 0.717) is 23.8 Å². The largest absolute Gasteiger partial charge is 0.463 e. The number of aldehydes is 1. The molecule has 4 heteroatoms. The summed E-state index contributed by atoms with van der Waals surface area (Å²) < 4.78 is 5.22. The molecule has 0 bridgehead atoms. The molecule has 0 unspecified atom stereocenters. The first-order chi connectivity index (χ1) is 8.76. The van der Waals surface area contributed by atoms with E-state index in [1.165, 1.54) is 6.26 Å². The highest BCUT2D eigenvalue weighted by Gasteiger charge is 2.06. The van der Waals surface area contributed by atoms with Crippen molar-refractivity contribution in [2.75, 3.05) is 6.54 Å². The summed E-state index contributed by atoms with van der Waals surface area (Å²) in [5.41, 5.74) is 6.47. The van der Waals surface area contributed by atoms with E-state index in [4.69, 9.17) is 10.2 Å². The van der Waals surface area contributed by atoms with Crippen LogP contribution in [0.4, 0.5) is 0 Å². The molecule has 0 aliphatic carbocycles. The van der Waals surface area contributed by atoms with Crippen molar-refractivity contribution in [1.29, 1.82) is 0 Å². The second-order valence-corrected chi connectivity index (χ2v) is 3.87. The van der Waals surface area contributed by atoms with Gasteiger partial charge in [0.1, 0.15) is 11.8 Å². The Morgan fingerprint density at radius 2 is 2.17 bits per heavy atom. The lowest BCUT2D eigenvalue weighted by molar-refractivity contribution is 0.112. The molecule has 0 saturated heterocycles. The fourth-order valence-corrected chi connectivity index (χ4v) is 1.66. The van der Waals surface area contributed by atoms with Gasteiger partial charge in [-0.25, -0.2) is 0 Å². The first kappa shape index (κ1) is 12.3. The number of carbonyl (C=O) groups is 1. The molecule has 0 saturated carbocycles. The molecule has 0 aliphatic rings. The average Bonchev–Trinajstić information content (AvgIpc) is 2.40. The topological polar surface area (TPSA) is 73.3 Å². The summed E-state index contributed by atoms with van der Waals surface area (Å²) in [5.74, 6) is 0. The highest BCUT2D eigenvalue weighted by molar-refractivity contribution is 5.85. The smallest absolute Gasteiger partial charge is 0.203 e. The summed E-state index contributed by atoms with van der Waals surface area (Å²) in [4.78, 5) is 22.6. The summed E-state index contributed by atoms with van der Waals surface area (Å²) in [6.07, 6.45) is 6.29. The van der Waals surface area contributed by atoms with Crippen LogP contribution in [0.5, 0.6) is 0 Å². The van der Waals surface area contributed by atoms with E-state index in [9.17, 15) is 9.59 Å². The monoisotopic (exact) mass is 243 g/mol. The maximum absolute atomic E-state index is 11.9. The SMILES string of the molecule is NCCC=Cc1ccc2occ(C=O)c(=O)c2c1. The zero-order chi connectivity index (χ0) is 13.0. The molecule has 1 heterocycles. The molecular formula is C14H13NO3. The van der Waals surface area contributed by atoms with Gasteiger partial charge in [-0.3, -0.25) is 9.59 Å². The molecule has 4 nitrogen and oxygen atoms in total. The Morgan fingerprint density at radius 1 is 1.33 bits per heavy atom. The van der Waals surface area contributed by atoms with E-state index < -0.39 is 0 Å². The minimum Gasteiger partial charge on any atom is -0.463 e. The first-order valence-electron chi connectivity index (χ1n) is 5.63. The molecule has 1 aromatic heterocycles. The molecule has 0 fully saturated rings. The Kier molecular flexibility index (Phi) is 3.69. The fourth-order valence-electron chi connectivity index (χ4n) is 1.66. The van der Waals surface area contributed by atoms with Crippen LogP contribution in [0, 0.1) is 0 Å². The Balaban J connectivity index is 2.52. The number of benzene rings is 1. The lowest BCUT2D eigenvalue weighted by Gasteiger charge is -1.99. The van der Waals surface area contributed by atoms with Crippen molar-refractivity contribution in [2.45, 2.75) is 6.42 Å². The van der Waals surface area contributed by atoms with Crippen molar-refractivity contribution < 1.29 is 9.21 Å². The summed E-state index contributed by atoms with van der Waals surface area (Å²) in [6.45, 7) is 0.585. The predicted octanol–water partition coefficient (Wildman–Crippen LogP) is 1.97. The standard InChI is InChI=1S/C14H13NO3/c15-6-2-1-3-10-4-5-13-12(7-10)14(17)11(8-16)9-18-13/h1,3-5,7-9H,2,6,15H2. The van der Waals surface area contributed by atoms with Crippen molar-refractivity contribution in [3.8, 4) is 0 Å². The molecule has 0 radical (unpaired) electrons. The Hall–Kier alpha value is -2.20. The molecule has 0 atom stereocenters. The van der Waals surface area contributed by atoms with Crippen molar-refractivity contribution in [3.05, 3.63) is 51.9 Å². The van der Waals surface area contributed by atoms with Crippen LogP contribution < -0.4 is 11.2 Å². The van der Waals surface area contributed by atoms with Crippen LogP contribution in [0.3, 0.4) is 0 Å². The van der Waals surface area contributed by atoms with Gasteiger partial charge in [0.25, 0.3) is 0 Å². The normalized spacial score (nSPS) is 11.2. The van der Waals surface area contributed by atoms with Gasteiger partial charge in [-0.1, -0.05) is 18.2 Å². The lowest BCUT2D eigenvalue weighted by atomic mass is 10.1. The van der Waals surface area contributed by atoms with Gasteiger partial charge >= 0.3 is 0 Å². The molecule has 0 aliphatic heterocycles. The van der Waals surface area contributed by atoms with Crippen molar-refractivity contribution in [2.24, 2.45) is 5.73 Å². The van der Waals surface area contributed by atoms with E-state index >= 15 is 0 Å². The number of fused-ring (bicyclic) bond motifs is 1. The molecule has 2 N–H and O–H groups in total. The maximum atomic E-state index is 11.9. The van der Waals surface area contributed by atoms with Gasteiger partial charge in [0.05, 0.1) is 10.9 Å². The zero-order valence-corrected chi connectivity index (χ0v) is 9.76. The third-order valence-corrected chi connectivity index (χ3v) is 2.59. The van der Waals surface area contributed by atoms with Gasteiger partial charge in [-0.15, -0.1) is 0 Å². The highest BCUT2D eigenvalue weighted by atomic mass is 16.3. The van der Waals surface area contributed by atoms with Gasteiger partial charge in [0.15, 0.2) is 6.29 Å². The van der Waals surface area contributed by atoms with Crippen LogP contribution in [0.25, 0.3) is 17.0 Å². The number of nitrogens with two attached hydrogens (primary N) is 1. The number of hydrogen-bond acceptors (Lipinski definition) is 4. The molecule has 0 amide bonds. The van der Waals surface area contributed by atoms with E-state index in [1.54, 1.807) is 12.1 Å². The summed E-state index contributed by atoms with van der Waals surface area (Å²) >= 11 is 0. The van der Waals surface area contributed by atoms with Crippen LogP contribution in [0.1, 0.15) is 22.3 Å². The number of rotatable bonds is 4. The van der Waals surface area contributed by atoms with Gasteiger partial charge in [0.2, 0.25) is 5.43 Å². The summed E-state index contributed by atoms with van der Waals surface area (Å²) in [7, 11) is 0. The Labute approximate surface area is 104 Å². The molecule has 92 valence electrons. The second kappa shape index (κ2) is 5.42. The lowest BCUT2D eigenvalue weighted by Crippen LogP contribution is -2.07. The van der Waals surface area contributed by atoms with E-state index in [1.807, 2.05) is 18.2 Å². The van der Waals surface area contributed by atoms with Crippen molar-refractivity contribution in [3.63, 3.8) is 0 Å². The minimum atomic E-state index is -0.305. The second-order valence-electron chi connectivity index (χ2n) is 3.87. The first-order valence-corrected chi connectivity index (χ1v) is 5.63. The Morgan fingerprint density at radius 3 is 2.89 bits per heavy atom. The maximum Gasteiger partial charge on any atom is 0.203 e. The molecular weight excluding hydrogens is 230 g/mol. The van der Waals surface area contributed by atoms with E-state index in [2.05, 4.69) is 0 Å². The van der Waals surface area contributed by atoms with Crippen molar-refractivity contribution >= 4 is 23.3 Å². The van der Waals surface area contributed by atoms with Crippen LogP contribution in [0.15, 0.2) is 39.7 Å². The quantitative estimate of drug-likeness (QED) is 0.833. The third-order valence-electron chi connectivity index (χ3n) is 2.59. The zero-order valence-electron chi connectivity index (χ0n) is 9.76. The van der Waals surface area contributed by atoms with E-state index in [0.717, 1.165) is 12.0 Å². The number of carbonyl (C=O) groups excluding carboxylic acids is 1. The minimum absolute atomic E-state index is 0.0330. The predicted molar refractivity (Wildman–Crippen MR) is 70.6 cm³/mol. The van der Waals surface area contributed by atoms with Crippen LogP contribution in [0.2, 0.25) is 0 Å². The van der Waals surface area contributed by atoms with Crippen LogP contribution in [-0.4, -0.2) is 12.8 Å². The fraction of sp³-hybridized carbons (Fsp3) is 0.143. The van der Waals surface area contributed by atoms with Gasteiger partial charge < -0.3 is 10.2 Å². The molecule has 2 rings (SSSR count). The summed E-state index contributed by atoms with van der Waals surface area (Å²) in [5, 5.41) is 0.412. The van der Waals surface area contributed by atoms with Crippen LogP contribution in [-0.2, 0) is 0 Å². The average molecular weight is 243 g/mol. The highest BCUT2D eigenvalue weighted by Crippen LogP contribution is 2.14. The number of hydrogen-bond donors (Lipinski definition) is 1.